The van der Waals surface area contributed by atoms with E-state index in [2.05, 4.69) is 49.6 Å². The molecule has 0 aromatic heterocycles. The minimum Gasteiger partial charge on any atom is -0.356 e. The summed E-state index contributed by atoms with van der Waals surface area (Å²) in [5, 5.41) is 7.17. The monoisotopic (exact) mass is 381 g/mol. The van der Waals surface area contributed by atoms with E-state index in [1.54, 1.807) is 0 Å². The van der Waals surface area contributed by atoms with Gasteiger partial charge in [0.15, 0.2) is 5.11 Å². The normalized spacial score (nSPS) is 15.0. The number of carbonyl (C=O) groups excluding carboxylic acids is 1. The van der Waals surface area contributed by atoms with Gasteiger partial charge in [-0.2, -0.15) is 0 Å². The molecule has 1 heterocycles. The molecular weight excluding hydrogens is 354 g/mol. The minimum atomic E-state index is 0.106. The zero-order valence-corrected chi connectivity index (χ0v) is 17.2. The molecule has 0 spiro atoms. The van der Waals surface area contributed by atoms with Crippen molar-refractivity contribution in [3.8, 4) is 0 Å². The summed E-state index contributed by atoms with van der Waals surface area (Å²) in [5.41, 5.74) is 6.72. The third-order valence-corrected chi connectivity index (χ3v) is 5.43. The fourth-order valence-electron chi connectivity index (χ4n) is 3.36. The Morgan fingerprint density at radius 1 is 1.07 bits per heavy atom. The number of aryl methyl sites for hydroxylation is 3. The Balaban J connectivity index is 1.68. The van der Waals surface area contributed by atoms with Gasteiger partial charge in [-0.05, 0) is 80.7 Å². The van der Waals surface area contributed by atoms with Crippen LogP contribution >= 0.6 is 12.2 Å². The van der Waals surface area contributed by atoms with E-state index in [9.17, 15) is 4.79 Å². The Morgan fingerprint density at radius 3 is 2.48 bits per heavy atom. The van der Waals surface area contributed by atoms with Crippen molar-refractivity contribution in [2.75, 3.05) is 16.8 Å². The van der Waals surface area contributed by atoms with Gasteiger partial charge in [0.25, 0.3) is 0 Å². The van der Waals surface area contributed by atoms with Gasteiger partial charge >= 0.3 is 0 Å². The van der Waals surface area contributed by atoms with Crippen molar-refractivity contribution >= 4 is 34.6 Å². The lowest BCUT2D eigenvalue weighted by molar-refractivity contribution is -0.117. The molecule has 0 aliphatic carbocycles. The largest absolute Gasteiger partial charge is 0.356 e. The molecule has 142 valence electrons. The molecule has 5 heteroatoms. The van der Waals surface area contributed by atoms with E-state index in [4.69, 9.17) is 12.2 Å². The van der Waals surface area contributed by atoms with Crippen LogP contribution in [0.5, 0.6) is 0 Å². The number of thiocarbonyl (C=S) groups is 1. The summed E-state index contributed by atoms with van der Waals surface area (Å²) in [4.78, 5) is 14.0. The van der Waals surface area contributed by atoms with E-state index in [0.29, 0.717) is 11.5 Å². The zero-order valence-electron chi connectivity index (χ0n) is 16.4. The van der Waals surface area contributed by atoms with Gasteiger partial charge in [-0.3, -0.25) is 4.79 Å². The topological polar surface area (TPSA) is 44.4 Å². The zero-order chi connectivity index (χ0) is 19.6. The van der Waals surface area contributed by atoms with Crippen LogP contribution in [0.2, 0.25) is 0 Å². The van der Waals surface area contributed by atoms with Crippen LogP contribution in [0.1, 0.15) is 48.1 Å². The molecule has 4 nitrogen and oxygen atoms in total. The quantitative estimate of drug-likeness (QED) is 0.748. The van der Waals surface area contributed by atoms with Crippen molar-refractivity contribution in [3.05, 3.63) is 58.7 Å². The number of hydrogen-bond acceptors (Lipinski definition) is 2. The van der Waals surface area contributed by atoms with Crippen LogP contribution < -0.4 is 15.5 Å². The van der Waals surface area contributed by atoms with E-state index in [0.717, 1.165) is 29.9 Å². The van der Waals surface area contributed by atoms with Crippen molar-refractivity contribution in [2.45, 2.75) is 46.6 Å². The third kappa shape index (κ3) is 4.48. The predicted molar refractivity (Wildman–Crippen MR) is 116 cm³/mol. The van der Waals surface area contributed by atoms with E-state index < -0.39 is 0 Å². The highest BCUT2D eigenvalue weighted by molar-refractivity contribution is 7.80. The summed E-state index contributed by atoms with van der Waals surface area (Å²) in [7, 11) is 0. The summed E-state index contributed by atoms with van der Waals surface area (Å²) < 4.78 is 0. The van der Waals surface area contributed by atoms with Gasteiger partial charge in [-0.15, -0.1) is 0 Å². The standard InChI is InChI=1S/C22H27N3OS/c1-14-7-9-18(12-16(14)3)17(4)23-22(27)24-19-10-8-15(2)20(13-19)25-11-5-6-21(25)26/h7-10,12-13,17H,5-6,11H2,1-4H3,(H2,23,24,27)/t17-/m1/s1. The maximum Gasteiger partial charge on any atom is 0.227 e. The SMILES string of the molecule is Cc1ccc([C@@H](C)NC(=S)Nc2ccc(C)c(N3CCCC3=O)c2)cc1C. The Kier molecular flexibility index (Phi) is 5.80. The van der Waals surface area contributed by atoms with Crippen LogP contribution in [0, 0.1) is 20.8 Å². The van der Waals surface area contributed by atoms with Gasteiger partial charge in [0.2, 0.25) is 5.91 Å². The average molecular weight is 382 g/mol. The van der Waals surface area contributed by atoms with Crippen LogP contribution in [0.4, 0.5) is 11.4 Å². The van der Waals surface area contributed by atoms with E-state index in [-0.39, 0.29) is 11.9 Å². The van der Waals surface area contributed by atoms with Crippen molar-refractivity contribution in [2.24, 2.45) is 0 Å². The number of carbonyl (C=O) groups is 1. The molecule has 1 amide bonds. The lowest BCUT2D eigenvalue weighted by atomic mass is 10.0. The van der Waals surface area contributed by atoms with Crippen LogP contribution in [0.25, 0.3) is 0 Å². The van der Waals surface area contributed by atoms with Gasteiger partial charge in [-0.1, -0.05) is 24.3 Å². The number of hydrogen-bond donors (Lipinski definition) is 2. The fraction of sp³-hybridized carbons (Fsp3) is 0.364. The minimum absolute atomic E-state index is 0.106. The molecule has 2 N–H and O–H groups in total. The van der Waals surface area contributed by atoms with Gasteiger partial charge in [-0.25, -0.2) is 0 Å². The van der Waals surface area contributed by atoms with Crippen molar-refractivity contribution in [1.82, 2.24) is 5.32 Å². The lowest BCUT2D eigenvalue weighted by Crippen LogP contribution is -2.31. The number of anilines is 2. The number of benzene rings is 2. The number of nitrogens with one attached hydrogen (secondary N) is 2. The summed E-state index contributed by atoms with van der Waals surface area (Å²) in [6, 6.07) is 12.6. The Morgan fingerprint density at radius 2 is 1.81 bits per heavy atom. The first-order valence-electron chi connectivity index (χ1n) is 9.41. The molecule has 1 aliphatic rings. The number of nitrogens with zero attached hydrogens (tertiary/aromatic N) is 1. The van der Waals surface area contributed by atoms with Gasteiger partial charge in [0, 0.05) is 24.3 Å². The summed E-state index contributed by atoms with van der Waals surface area (Å²) in [6.45, 7) is 9.15. The molecule has 1 atom stereocenters. The second kappa shape index (κ2) is 8.09. The third-order valence-electron chi connectivity index (χ3n) is 5.21. The van der Waals surface area contributed by atoms with Crippen LogP contribution in [-0.2, 0) is 4.79 Å². The Hall–Kier alpha value is -2.40. The molecule has 0 radical (unpaired) electrons. The summed E-state index contributed by atoms with van der Waals surface area (Å²) in [6.07, 6.45) is 1.55. The highest BCUT2D eigenvalue weighted by atomic mass is 32.1. The molecular formula is C22H27N3OS. The number of amides is 1. The van der Waals surface area contributed by atoms with Crippen molar-refractivity contribution < 1.29 is 4.79 Å². The summed E-state index contributed by atoms with van der Waals surface area (Å²) in [5.74, 6) is 0.194. The van der Waals surface area contributed by atoms with E-state index in [1.165, 1.54) is 16.7 Å². The average Bonchev–Trinajstić information content (AvgIpc) is 3.04. The molecule has 2 aromatic carbocycles. The molecule has 1 fully saturated rings. The van der Waals surface area contributed by atoms with Crippen LogP contribution in [-0.4, -0.2) is 17.6 Å². The van der Waals surface area contributed by atoms with Gasteiger partial charge in [0.1, 0.15) is 0 Å². The first kappa shape index (κ1) is 19.4. The molecule has 0 bridgehead atoms. The molecule has 1 aliphatic heterocycles. The smallest absolute Gasteiger partial charge is 0.227 e. The van der Waals surface area contributed by atoms with Crippen LogP contribution in [0.15, 0.2) is 36.4 Å². The van der Waals surface area contributed by atoms with Crippen molar-refractivity contribution in [3.63, 3.8) is 0 Å². The summed E-state index contributed by atoms with van der Waals surface area (Å²) >= 11 is 5.50. The lowest BCUT2D eigenvalue weighted by Gasteiger charge is -2.21. The van der Waals surface area contributed by atoms with E-state index in [1.807, 2.05) is 30.0 Å². The molecule has 3 rings (SSSR count). The first-order chi connectivity index (χ1) is 12.8. The number of rotatable bonds is 4. The van der Waals surface area contributed by atoms with E-state index >= 15 is 0 Å². The predicted octanol–water partition coefficient (Wildman–Crippen LogP) is 4.79. The molecule has 27 heavy (non-hydrogen) atoms. The second-order valence-corrected chi connectivity index (χ2v) is 7.72. The highest BCUT2D eigenvalue weighted by Gasteiger charge is 2.23. The van der Waals surface area contributed by atoms with Gasteiger partial charge < -0.3 is 15.5 Å². The van der Waals surface area contributed by atoms with Crippen molar-refractivity contribution in [1.29, 1.82) is 0 Å². The van der Waals surface area contributed by atoms with Gasteiger partial charge in [0.05, 0.1) is 6.04 Å². The maximum atomic E-state index is 12.1. The molecule has 2 aromatic rings. The fourth-order valence-corrected chi connectivity index (χ4v) is 3.66. The molecule has 0 unspecified atom stereocenters. The Bertz CT molecular complexity index is 878. The second-order valence-electron chi connectivity index (χ2n) is 7.31. The molecule has 1 saturated heterocycles. The maximum absolute atomic E-state index is 12.1. The first-order valence-corrected chi connectivity index (χ1v) is 9.81. The highest BCUT2D eigenvalue weighted by Crippen LogP contribution is 2.28. The Labute approximate surface area is 167 Å². The van der Waals surface area contributed by atoms with Crippen LogP contribution in [0.3, 0.4) is 0 Å². The molecule has 0 saturated carbocycles.